The average Bonchev–Trinajstić information content (AvgIpc) is 2.29. The van der Waals surface area contributed by atoms with Crippen LogP contribution in [0.3, 0.4) is 0 Å². The Morgan fingerprint density at radius 1 is 1.35 bits per heavy atom. The number of piperidine rings is 1. The van der Waals surface area contributed by atoms with Crippen molar-refractivity contribution in [3.8, 4) is 0 Å². The summed E-state index contributed by atoms with van der Waals surface area (Å²) in [6.45, 7) is 2.36. The van der Waals surface area contributed by atoms with Crippen molar-refractivity contribution in [3.05, 3.63) is 0 Å². The van der Waals surface area contributed by atoms with Gasteiger partial charge in [0.1, 0.15) is 13.2 Å². The topological polar surface area (TPSA) is 66.8 Å². The van der Waals surface area contributed by atoms with E-state index in [1.165, 1.54) is 6.42 Å². The summed E-state index contributed by atoms with van der Waals surface area (Å²) >= 11 is 0. The molecule has 1 saturated heterocycles. The van der Waals surface area contributed by atoms with Gasteiger partial charge in [0.25, 0.3) is 0 Å². The molecule has 17 heavy (non-hydrogen) atoms. The number of carbonyl (C=O) groups excluding carboxylic acids is 1. The lowest BCUT2D eigenvalue weighted by atomic mass is 9.98. The Kier molecular flexibility index (Phi) is 5.97. The highest BCUT2D eigenvalue weighted by atomic mass is 16.5. The maximum atomic E-state index is 11.9. The van der Waals surface area contributed by atoms with E-state index in [0.29, 0.717) is 6.04 Å². The minimum atomic E-state index is -1.04. The normalized spacial score (nSPS) is 20.3. The second-order valence-electron chi connectivity index (χ2n) is 4.41. The lowest BCUT2D eigenvalue weighted by Crippen LogP contribution is -2.45. The van der Waals surface area contributed by atoms with Crippen LogP contribution in [0.15, 0.2) is 0 Å². The van der Waals surface area contributed by atoms with Gasteiger partial charge in [-0.15, -0.1) is 0 Å². The number of aliphatic carboxylic acids is 1. The molecule has 1 fully saturated rings. The predicted octanol–water partition coefficient (Wildman–Crippen LogP) is 1.27. The molecule has 5 heteroatoms. The number of ether oxygens (including phenoxy) is 1. The monoisotopic (exact) mass is 243 g/mol. The van der Waals surface area contributed by atoms with E-state index in [2.05, 4.69) is 6.92 Å². The fraction of sp³-hybridized carbons (Fsp3) is 0.833. The van der Waals surface area contributed by atoms with Crippen LogP contribution in [0.4, 0.5) is 0 Å². The number of likely N-dealkylation sites (tertiary alicyclic amines) is 1. The smallest absolute Gasteiger partial charge is 0.329 e. The van der Waals surface area contributed by atoms with Crippen molar-refractivity contribution < 1.29 is 19.4 Å². The molecule has 5 nitrogen and oxygen atoms in total. The van der Waals surface area contributed by atoms with Gasteiger partial charge in [0.05, 0.1) is 0 Å². The number of nitrogens with zero attached hydrogens (tertiary/aromatic N) is 1. The van der Waals surface area contributed by atoms with Crippen LogP contribution in [-0.2, 0) is 14.3 Å². The van der Waals surface area contributed by atoms with Gasteiger partial charge in [-0.1, -0.05) is 13.3 Å². The summed E-state index contributed by atoms with van der Waals surface area (Å²) in [5.74, 6) is -1.12. The van der Waals surface area contributed by atoms with Gasteiger partial charge in [0, 0.05) is 12.6 Å². The molecular formula is C12H21NO4. The third-order valence-corrected chi connectivity index (χ3v) is 3.02. The van der Waals surface area contributed by atoms with Crippen LogP contribution in [0.25, 0.3) is 0 Å². The molecule has 0 radical (unpaired) electrons. The van der Waals surface area contributed by atoms with E-state index < -0.39 is 12.6 Å². The van der Waals surface area contributed by atoms with Gasteiger partial charge in [0.2, 0.25) is 5.91 Å². The van der Waals surface area contributed by atoms with Gasteiger partial charge in [-0.25, -0.2) is 4.79 Å². The van der Waals surface area contributed by atoms with Crippen molar-refractivity contribution in [2.75, 3.05) is 19.8 Å². The van der Waals surface area contributed by atoms with E-state index in [-0.39, 0.29) is 12.5 Å². The third-order valence-electron chi connectivity index (χ3n) is 3.02. The highest BCUT2D eigenvalue weighted by molar-refractivity contribution is 5.78. The van der Waals surface area contributed by atoms with Crippen molar-refractivity contribution in [3.63, 3.8) is 0 Å². The molecule has 0 aromatic heterocycles. The van der Waals surface area contributed by atoms with Crippen LogP contribution in [-0.4, -0.2) is 47.7 Å². The summed E-state index contributed by atoms with van der Waals surface area (Å²) in [7, 11) is 0. The Labute approximate surface area is 102 Å². The molecular weight excluding hydrogens is 222 g/mol. The molecule has 1 heterocycles. The first kappa shape index (κ1) is 14.0. The molecule has 1 N–H and O–H groups in total. The van der Waals surface area contributed by atoms with E-state index in [1.54, 1.807) is 0 Å². The molecule has 1 amide bonds. The van der Waals surface area contributed by atoms with Crippen molar-refractivity contribution >= 4 is 11.9 Å². The Bertz CT molecular complexity index is 265. The molecule has 1 atom stereocenters. The average molecular weight is 243 g/mol. The van der Waals surface area contributed by atoms with E-state index in [0.717, 1.165) is 32.2 Å². The zero-order valence-electron chi connectivity index (χ0n) is 10.4. The highest BCUT2D eigenvalue weighted by Crippen LogP contribution is 2.20. The highest BCUT2D eigenvalue weighted by Gasteiger charge is 2.25. The Balaban J connectivity index is 2.38. The summed E-state index contributed by atoms with van der Waals surface area (Å²) in [5, 5.41) is 8.42. The number of hydrogen-bond donors (Lipinski definition) is 1. The Hall–Kier alpha value is -1.10. The fourth-order valence-corrected chi connectivity index (χ4v) is 2.27. The molecule has 0 saturated carbocycles. The lowest BCUT2D eigenvalue weighted by Gasteiger charge is -2.35. The van der Waals surface area contributed by atoms with Gasteiger partial charge in [-0.2, -0.15) is 0 Å². The maximum absolute atomic E-state index is 11.9. The van der Waals surface area contributed by atoms with Gasteiger partial charge in [-0.05, 0) is 25.7 Å². The van der Waals surface area contributed by atoms with E-state index in [1.807, 2.05) is 4.90 Å². The molecule has 0 spiro atoms. The first-order chi connectivity index (χ1) is 8.15. The van der Waals surface area contributed by atoms with Gasteiger partial charge in [0.15, 0.2) is 0 Å². The van der Waals surface area contributed by atoms with E-state index in [9.17, 15) is 9.59 Å². The summed E-state index contributed by atoms with van der Waals surface area (Å²) in [4.78, 5) is 24.0. The summed E-state index contributed by atoms with van der Waals surface area (Å²) in [6.07, 6.45) is 5.34. The van der Waals surface area contributed by atoms with Crippen molar-refractivity contribution in [2.45, 2.75) is 45.1 Å². The fourth-order valence-electron chi connectivity index (χ4n) is 2.27. The van der Waals surface area contributed by atoms with Crippen molar-refractivity contribution in [1.29, 1.82) is 0 Å². The maximum Gasteiger partial charge on any atom is 0.329 e. The quantitative estimate of drug-likeness (QED) is 0.763. The molecule has 0 aliphatic carbocycles. The summed E-state index contributed by atoms with van der Waals surface area (Å²) in [6, 6.07) is 0.315. The number of rotatable bonds is 6. The first-order valence-electron chi connectivity index (χ1n) is 6.24. The standard InChI is InChI=1S/C12H21NO4/c1-2-5-10-6-3-4-7-13(10)11(14)8-17-9-12(15)16/h10H,2-9H2,1H3,(H,15,16). The second-order valence-corrected chi connectivity index (χ2v) is 4.41. The van der Waals surface area contributed by atoms with Crippen molar-refractivity contribution in [1.82, 2.24) is 4.90 Å². The van der Waals surface area contributed by atoms with E-state index >= 15 is 0 Å². The summed E-state index contributed by atoms with van der Waals surface area (Å²) < 4.78 is 4.85. The molecule has 0 aromatic carbocycles. The minimum absolute atomic E-state index is 0.0793. The lowest BCUT2D eigenvalue weighted by molar-refractivity contribution is -0.147. The van der Waals surface area contributed by atoms with Gasteiger partial charge >= 0.3 is 5.97 Å². The zero-order valence-corrected chi connectivity index (χ0v) is 10.4. The van der Waals surface area contributed by atoms with Gasteiger partial charge < -0.3 is 14.7 Å². The predicted molar refractivity (Wildman–Crippen MR) is 62.7 cm³/mol. The first-order valence-corrected chi connectivity index (χ1v) is 6.24. The molecule has 1 rings (SSSR count). The van der Waals surface area contributed by atoms with Crippen LogP contribution in [0.2, 0.25) is 0 Å². The number of carboxylic acid groups (broad SMARTS) is 1. The van der Waals surface area contributed by atoms with Crippen LogP contribution >= 0.6 is 0 Å². The molecule has 1 aliphatic heterocycles. The van der Waals surface area contributed by atoms with Crippen LogP contribution < -0.4 is 0 Å². The van der Waals surface area contributed by atoms with Crippen LogP contribution in [0.5, 0.6) is 0 Å². The summed E-state index contributed by atoms with van der Waals surface area (Å²) in [5.41, 5.74) is 0. The largest absolute Gasteiger partial charge is 0.480 e. The number of carboxylic acids is 1. The minimum Gasteiger partial charge on any atom is -0.480 e. The van der Waals surface area contributed by atoms with Gasteiger partial charge in [-0.3, -0.25) is 4.79 Å². The Morgan fingerprint density at radius 2 is 2.12 bits per heavy atom. The third kappa shape index (κ3) is 4.73. The molecule has 0 bridgehead atoms. The van der Waals surface area contributed by atoms with Crippen LogP contribution in [0, 0.1) is 0 Å². The van der Waals surface area contributed by atoms with E-state index in [4.69, 9.17) is 9.84 Å². The number of carbonyl (C=O) groups is 2. The zero-order chi connectivity index (χ0) is 12.7. The van der Waals surface area contributed by atoms with Crippen LogP contribution in [0.1, 0.15) is 39.0 Å². The number of hydrogen-bond acceptors (Lipinski definition) is 3. The second kappa shape index (κ2) is 7.27. The SMILES string of the molecule is CCCC1CCCCN1C(=O)COCC(=O)O. The molecule has 98 valence electrons. The Morgan fingerprint density at radius 3 is 2.76 bits per heavy atom. The van der Waals surface area contributed by atoms with Crippen molar-refractivity contribution in [2.24, 2.45) is 0 Å². The molecule has 1 aliphatic rings. The number of amides is 1. The molecule has 1 unspecified atom stereocenters. The molecule has 0 aromatic rings.